The van der Waals surface area contributed by atoms with Crippen molar-refractivity contribution in [3.05, 3.63) is 90.5 Å². The third kappa shape index (κ3) is 4.81. The Bertz CT molecular complexity index is 1670. The molecule has 0 spiro atoms. The zero-order valence-corrected chi connectivity index (χ0v) is 24.1. The molecule has 0 amide bonds. The molecule has 0 radical (unpaired) electrons. The molecule has 39 heavy (non-hydrogen) atoms. The van der Waals surface area contributed by atoms with Crippen LogP contribution in [0.3, 0.4) is 0 Å². The number of rotatable bonds is 4. The lowest BCUT2D eigenvalue weighted by Gasteiger charge is -2.32. The minimum atomic E-state index is -0.419. The van der Waals surface area contributed by atoms with E-state index in [0.29, 0.717) is 0 Å². The van der Waals surface area contributed by atoms with E-state index in [9.17, 15) is 0 Å². The van der Waals surface area contributed by atoms with Gasteiger partial charge in [-0.3, -0.25) is 0 Å². The summed E-state index contributed by atoms with van der Waals surface area (Å²) < 4.78 is 19.0. The van der Waals surface area contributed by atoms with Gasteiger partial charge in [-0.25, -0.2) is 0 Å². The van der Waals surface area contributed by atoms with Gasteiger partial charge >= 0.3 is 7.12 Å². The van der Waals surface area contributed by atoms with Crippen LogP contribution in [0.25, 0.3) is 44.2 Å². The van der Waals surface area contributed by atoms with Crippen LogP contribution in [-0.4, -0.2) is 18.3 Å². The van der Waals surface area contributed by atoms with E-state index in [4.69, 9.17) is 13.7 Å². The molecule has 0 saturated carbocycles. The van der Waals surface area contributed by atoms with Gasteiger partial charge in [0.2, 0.25) is 0 Å². The summed E-state index contributed by atoms with van der Waals surface area (Å²) >= 11 is 0. The molecule has 4 heteroatoms. The fourth-order valence-electron chi connectivity index (χ4n) is 5.55. The maximum Gasteiger partial charge on any atom is 0.494 e. The maximum absolute atomic E-state index is 6.38. The highest BCUT2D eigenvalue weighted by molar-refractivity contribution is 6.62. The van der Waals surface area contributed by atoms with Gasteiger partial charge in [0, 0.05) is 10.8 Å². The van der Waals surface area contributed by atoms with Gasteiger partial charge in [-0.15, -0.1) is 0 Å². The first-order valence-corrected chi connectivity index (χ1v) is 13.9. The third-order valence-corrected chi connectivity index (χ3v) is 8.21. The number of hydrogen-bond acceptors (Lipinski definition) is 3. The van der Waals surface area contributed by atoms with Gasteiger partial charge in [-0.1, -0.05) is 87.5 Å². The first-order chi connectivity index (χ1) is 18.4. The van der Waals surface area contributed by atoms with Crippen LogP contribution in [0.2, 0.25) is 0 Å². The molecule has 1 aliphatic heterocycles. The SMILES string of the molecule is CC(C)(C)Cc1cccc(-c2cccc(-c3cccc4oc5cc(B6OC(C)(C)C(C)(C)O6)ccc5c34)c2)c1. The lowest BCUT2D eigenvalue weighted by molar-refractivity contribution is 0.00578. The molecule has 198 valence electrons. The summed E-state index contributed by atoms with van der Waals surface area (Å²) in [5, 5.41) is 2.23. The second kappa shape index (κ2) is 9.11. The topological polar surface area (TPSA) is 31.6 Å². The molecule has 3 nitrogen and oxygen atoms in total. The molecule has 1 saturated heterocycles. The number of benzene rings is 4. The van der Waals surface area contributed by atoms with Crippen molar-refractivity contribution in [3.8, 4) is 22.3 Å². The summed E-state index contributed by atoms with van der Waals surface area (Å²) in [6.45, 7) is 15.2. The Kier molecular flexibility index (Phi) is 6.05. The number of hydrogen-bond donors (Lipinski definition) is 0. The minimum Gasteiger partial charge on any atom is -0.456 e. The highest BCUT2D eigenvalue weighted by Crippen LogP contribution is 2.39. The maximum atomic E-state index is 6.38. The van der Waals surface area contributed by atoms with Crippen LogP contribution in [-0.2, 0) is 15.7 Å². The van der Waals surface area contributed by atoms with Crippen molar-refractivity contribution in [3.63, 3.8) is 0 Å². The molecule has 4 aromatic carbocycles. The number of furan rings is 1. The first-order valence-electron chi connectivity index (χ1n) is 13.9. The van der Waals surface area contributed by atoms with Gasteiger partial charge in [0.1, 0.15) is 11.2 Å². The van der Waals surface area contributed by atoms with Crippen LogP contribution in [0, 0.1) is 5.41 Å². The Morgan fingerprint density at radius 3 is 2.03 bits per heavy atom. The second-order valence-electron chi connectivity index (χ2n) is 13.1. The van der Waals surface area contributed by atoms with Gasteiger partial charge < -0.3 is 13.7 Å². The predicted octanol–water partition coefficient (Wildman–Crippen LogP) is 8.81. The van der Waals surface area contributed by atoms with Crippen molar-refractivity contribution in [1.29, 1.82) is 0 Å². The highest BCUT2D eigenvalue weighted by Gasteiger charge is 2.51. The summed E-state index contributed by atoms with van der Waals surface area (Å²) in [7, 11) is -0.419. The molecule has 2 heterocycles. The average molecular weight is 516 g/mol. The van der Waals surface area contributed by atoms with Crippen molar-refractivity contribution < 1.29 is 13.7 Å². The van der Waals surface area contributed by atoms with Crippen molar-refractivity contribution in [2.75, 3.05) is 0 Å². The molecule has 1 fully saturated rings. The molecule has 0 bridgehead atoms. The summed E-state index contributed by atoms with van der Waals surface area (Å²) in [5.41, 5.74) is 8.36. The number of fused-ring (bicyclic) bond motifs is 3. The molecule has 0 unspecified atom stereocenters. The van der Waals surface area contributed by atoms with Crippen molar-refractivity contribution in [2.45, 2.75) is 66.1 Å². The van der Waals surface area contributed by atoms with Gasteiger partial charge in [-0.05, 0) is 91.0 Å². The van der Waals surface area contributed by atoms with Crippen LogP contribution >= 0.6 is 0 Å². The van der Waals surface area contributed by atoms with E-state index in [-0.39, 0.29) is 16.6 Å². The van der Waals surface area contributed by atoms with E-state index in [1.807, 2.05) is 6.07 Å². The largest absolute Gasteiger partial charge is 0.494 e. The summed E-state index contributed by atoms with van der Waals surface area (Å²) in [4.78, 5) is 0. The Morgan fingerprint density at radius 2 is 1.31 bits per heavy atom. The van der Waals surface area contributed by atoms with Crippen molar-refractivity contribution in [1.82, 2.24) is 0 Å². The van der Waals surface area contributed by atoms with Gasteiger partial charge in [-0.2, -0.15) is 0 Å². The minimum absolute atomic E-state index is 0.251. The van der Waals surface area contributed by atoms with Crippen LogP contribution in [0.15, 0.2) is 89.3 Å². The summed E-state index contributed by atoms with van der Waals surface area (Å²) in [5.74, 6) is 0. The molecule has 0 aliphatic carbocycles. The van der Waals surface area contributed by atoms with Crippen molar-refractivity contribution >= 4 is 34.5 Å². The van der Waals surface area contributed by atoms with Crippen LogP contribution in [0.5, 0.6) is 0 Å². The van der Waals surface area contributed by atoms with Gasteiger partial charge in [0.05, 0.1) is 11.2 Å². The lowest BCUT2D eigenvalue weighted by Crippen LogP contribution is -2.41. The van der Waals surface area contributed by atoms with Crippen LogP contribution in [0.4, 0.5) is 0 Å². The molecular weight excluding hydrogens is 479 g/mol. The van der Waals surface area contributed by atoms with E-state index >= 15 is 0 Å². The Morgan fingerprint density at radius 1 is 0.667 bits per heavy atom. The van der Waals surface area contributed by atoms with Gasteiger partial charge in [0.25, 0.3) is 0 Å². The fraction of sp³-hybridized carbons (Fsp3) is 0.314. The zero-order valence-electron chi connectivity index (χ0n) is 24.1. The normalized spacial score (nSPS) is 16.8. The Balaban J connectivity index is 1.39. The highest BCUT2D eigenvalue weighted by atomic mass is 16.7. The smallest absolute Gasteiger partial charge is 0.456 e. The molecular formula is C35H37BO3. The van der Waals surface area contributed by atoms with E-state index in [1.165, 1.54) is 27.8 Å². The molecule has 0 atom stereocenters. The standard InChI is InChI=1S/C35H37BO3/c1-33(2,3)22-23-11-8-12-24(19-23)25-13-9-14-26(20-25)28-15-10-16-30-32(28)29-18-17-27(21-31(29)37-30)36-38-34(4,5)35(6,7)39-36/h8-21H,22H2,1-7H3. The molecule has 1 aliphatic rings. The molecule has 1 aromatic heterocycles. The van der Waals surface area contributed by atoms with Crippen LogP contribution < -0.4 is 5.46 Å². The van der Waals surface area contributed by atoms with E-state index in [1.54, 1.807) is 0 Å². The molecule has 0 N–H and O–H groups in total. The predicted molar refractivity (Wildman–Crippen MR) is 163 cm³/mol. The summed E-state index contributed by atoms with van der Waals surface area (Å²) in [6.07, 6.45) is 1.05. The van der Waals surface area contributed by atoms with E-state index in [0.717, 1.165) is 33.8 Å². The van der Waals surface area contributed by atoms with Crippen LogP contribution in [0.1, 0.15) is 54.0 Å². The zero-order chi connectivity index (χ0) is 27.6. The Hall–Kier alpha value is -3.34. The van der Waals surface area contributed by atoms with Gasteiger partial charge in [0.15, 0.2) is 0 Å². The monoisotopic (exact) mass is 516 g/mol. The van der Waals surface area contributed by atoms with E-state index < -0.39 is 7.12 Å². The fourth-order valence-corrected chi connectivity index (χ4v) is 5.55. The summed E-state index contributed by atoms with van der Waals surface area (Å²) in [6, 6.07) is 30.4. The third-order valence-electron chi connectivity index (χ3n) is 8.21. The second-order valence-corrected chi connectivity index (χ2v) is 13.1. The molecule has 5 aromatic rings. The molecule has 6 rings (SSSR count). The quantitative estimate of drug-likeness (QED) is 0.224. The first kappa shape index (κ1) is 25.9. The average Bonchev–Trinajstić information content (AvgIpc) is 3.35. The lowest BCUT2D eigenvalue weighted by atomic mass is 9.79. The van der Waals surface area contributed by atoms with E-state index in [2.05, 4.69) is 127 Å². The Labute approximate surface area is 232 Å². The van der Waals surface area contributed by atoms with Crippen molar-refractivity contribution in [2.24, 2.45) is 5.41 Å².